The van der Waals surface area contributed by atoms with Crippen LogP contribution in [0.15, 0.2) is 30.3 Å². The fraction of sp³-hybridized carbons (Fsp3) is 0.550. The molecule has 0 aliphatic carbocycles. The minimum absolute atomic E-state index is 0.240. The first-order valence-corrected chi connectivity index (χ1v) is 8.75. The summed E-state index contributed by atoms with van der Waals surface area (Å²) in [6.07, 6.45) is 1.31. The summed E-state index contributed by atoms with van der Waals surface area (Å²) in [5.41, 5.74) is 1.62. The number of aromatic hydroxyl groups is 1. The second-order valence-corrected chi connectivity index (χ2v) is 5.99. The van der Waals surface area contributed by atoms with E-state index >= 15 is 0 Å². The molecule has 0 bridgehead atoms. The van der Waals surface area contributed by atoms with Crippen molar-refractivity contribution in [2.24, 2.45) is 5.92 Å². The van der Waals surface area contributed by atoms with E-state index in [9.17, 15) is 5.11 Å². The number of rotatable bonds is 4. The Morgan fingerprint density at radius 3 is 2.17 bits per heavy atom. The Balaban J connectivity index is 0.000000594. The highest BCUT2D eigenvalue weighted by Crippen LogP contribution is 2.22. The van der Waals surface area contributed by atoms with Gasteiger partial charge in [-0.3, -0.25) is 0 Å². The van der Waals surface area contributed by atoms with E-state index in [-0.39, 0.29) is 5.75 Å². The smallest absolute Gasteiger partial charge is 0.141 e. The van der Waals surface area contributed by atoms with Gasteiger partial charge >= 0.3 is 0 Å². The van der Waals surface area contributed by atoms with E-state index in [0.29, 0.717) is 11.6 Å². The number of phenolic OH excluding ortho intramolecular Hbond substituents is 1. The van der Waals surface area contributed by atoms with Crippen molar-refractivity contribution in [3.05, 3.63) is 36.0 Å². The summed E-state index contributed by atoms with van der Waals surface area (Å²) < 4.78 is 0. The minimum atomic E-state index is 0.240. The van der Waals surface area contributed by atoms with Crippen molar-refractivity contribution in [2.45, 2.75) is 67.5 Å². The fourth-order valence-corrected chi connectivity index (χ4v) is 1.58. The molecule has 130 valence electrons. The third-order valence-electron chi connectivity index (χ3n) is 3.26. The van der Waals surface area contributed by atoms with Gasteiger partial charge in [0, 0.05) is 18.0 Å². The maximum atomic E-state index is 9.69. The Morgan fingerprint density at radius 1 is 1.04 bits per heavy atom. The van der Waals surface area contributed by atoms with Gasteiger partial charge in [-0.15, -0.1) is 0 Å². The number of nitrogens with zero attached hydrogens (tertiary/aromatic N) is 1. The fourth-order valence-electron chi connectivity index (χ4n) is 1.58. The van der Waals surface area contributed by atoms with Gasteiger partial charge in [0.1, 0.15) is 11.3 Å². The molecule has 2 aromatic rings. The molecule has 0 spiro atoms. The molecule has 0 amide bonds. The second kappa shape index (κ2) is 11.9. The molecule has 0 unspecified atom stereocenters. The summed E-state index contributed by atoms with van der Waals surface area (Å²) >= 11 is 0. The van der Waals surface area contributed by atoms with Crippen molar-refractivity contribution in [3.63, 3.8) is 0 Å². The standard InChI is InChI=1S/C13H16N2O.C5H12.C2H6/c1-9(2)14-8-11-7-6-10-4-3-5-12(16)13(10)15-11;1-4-5(2)3;1-2/h3-7,9,14,16H,8H2,1-2H3;5H,4H2,1-3H3;1-2H3. The predicted molar refractivity (Wildman–Crippen MR) is 102 cm³/mol. The molecule has 3 nitrogen and oxygen atoms in total. The summed E-state index contributed by atoms with van der Waals surface area (Å²) in [5, 5.41) is 14.0. The van der Waals surface area contributed by atoms with Crippen molar-refractivity contribution in [1.29, 1.82) is 0 Å². The molecule has 23 heavy (non-hydrogen) atoms. The molecule has 1 aromatic carbocycles. The Morgan fingerprint density at radius 2 is 1.65 bits per heavy atom. The molecule has 0 aliphatic heterocycles. The molecule has 3 heteroatoms. The van der Waals surface area contributed by atoms with Gasteiger partial charge in [0.15, 0.2) is 0 Å². The highest BCUT2D eigenvalue weighted by Gasteiger charge is 2.02. The lowest BCUT2D eigenvalue weighted by molar-refractivity contribution is 0.480. The molecule has 1 aromatic heterocycles. The van der Waals surface area contributed by atoms with Gasteiger partial charge in [-0.05, 0) is 18.1 Å². The van der Waals surface area contributed by atoms with Crippen molar-refractivity contribution < 1.29 is 5.11 Å². The predicted octanol–water partition coefficient (Wildman–Crippen LogP) is 5.52. The van der Waals surface area contributed by atoms with Crippen LogP contribution in [0.5, 0.6) is 5.75 Å². The summed E-state index contributed by atoms with van der Waals surface area (Å²) in [6.45, 7) is 15.6. The summed E-state index contributed by atoms with van der Waals surface area (Å²) in [4.78, 5) is 4.43. The molecule has 0 atom stereocenters. The Hall–Kier alpha value is -1.61. The van der Waals surface area contributed by atoms with Crippen LogP contribution >= 0.6 is 0 Å². The normalized spacial score (nSPS) is 10.1. The summed E-state index contributed by atoms with van der Waals surface area (Å²) in [7, 11) is 0. The topological polar surface area (TPSA) is 45.1 Å². The molecule has 0 radical (unpaired) electrons. The zero-order valence-electron chi connectivity index (χ0n) is 15.9. The van der Waals surface area contributed by atoms with E-state index < -0.39 is 0 Å². The van der Waals surface area contributed by atoms with Gasteiger partial charge in [0.25, 0.3) is 0 Å². The van der Waals surface area contributed by atoms with Gasteiger partial charge in [-0.2, -0.15) is 0 Å². The van der Waals surface area contributed by atoms with Crippen LogP contribution in [0.1, 0.15) is 60.6 Å². The molecule has 0 saturated carbocycles. The van der Waals surface area contributed by atoms with E-state index in [1.807, 2.05) is 38.1 Å². The van der Waals surface area contributed by atoms with Crippen LogP contribution in [0.25, 0.3) is 10.9 Å². The number of hydrogen-bond acceptors (Lipinski definition) is 3. The number of hydrogen-bond donors (Lipinski definition) is 2. The maximum absolute atomic E-state index is 9.69. The minimum Gasteiger partial charge on any atom is -0.506 e. The van der Waals surface area contributed by atoms with Crippen LogP contribution in [0.3, 0.4) is 0 Å². The van der Waals surface area contributed by atoms with E-state index in [0.717, 1.165) is 23.5 Å². The monoisotopic (exact) mass is 318 g/mol. The average molecular weight is 319 g/mol. The average Bonchev–Trinajstić information content (AvgIpc) is 2.56. The van der Waals surface area contributed by atoms with E-state index in [2.05, 4.69) is 44.9 Å². The van der Waals surface area contributed by atoms with Crippen molar-refractivity contribution in [2.75, 3.05) is 0 Å². The van der Waals surface area contributed by atoms with Crippen LogP contribution in [-0.4, -0.2) is 16.1 Å². The van der Waals surface area contributed by atoms with Gasteiger partial charge in [0.05, 0.1) is 5.69 Å². The summed E-state index contributed by atoms with van der Waals surface area (Å²) in [5.74, 6) is 1.12. The quantitative estimate of drug-likeness (QED) is 0.780. The molecule has 0 fully saturated rings. The molecule has 2 N–H and O–H groups in total. The molecule has 0 saturated heterocycles. The number of nitrogens with one attached hydrogen (secondary N) is 1. The largest absolute Gasteiger partial charge is 0.506 e. The van der Waals surface area contributed by atoms with Crippen LogP contribution in [0.2, 0.25) is 0 Å². The van der Waals surface area contributed by atoms with Crippen LogP contribution in [-0.2, 0) is 6.54 Å². The lowest BCUT2D eigenvalue weighted by Crippen LogP contribution is -2.22. The van der Waals surface area contributed by atoms with Crippen LogP contribution in [0, 0.1) is 5.92 Å². The number of phenols is 1. The number of para-hydroxylation sites is 1. The van der Waals surface area contributed by atoms with E-state index in [4.69, 9.17) is 0 Å². The van der Waals surface area contributed by atoms with Crippen LogP contribution in [0.4, 0.5) is 0 Å². The third kappa shape index (κ3) is 8.56. The first-order valence-electron chi connectivity index (χ1n) is 8.75. The number of pyridine rings is 1. The van der Waals surface area contributed by atoms with E-state index in [1.54, 1.807) is 6.07 Å². The van der Waals surface area contributed by atoms with Crippen molar-refractivity contribution in [1.82, 2.24) is 10.3 Å². The lowest BCUT2D eigenvalue weighted by atomic mass is 10.2. The second-order valence-electron chi connectivity index (χ2n) is 5.99. The van der Waals surface area contributed by atoms with Gasteiger partial charge < -0.3 is 10.4 Å². The Kier molecular flexibility index (Phi) is 11.1. The number of benzene rings is 1. The third-order valence-corrected chi connectivity index (χ3v) is 3.26. The first kappa shape index (κ1) is 21.4. The van der Waals surface area contributed by atoms with Gasteiger partial charge in [0.2, 0.25) is 0 Å². The van der Waals surface area contributed by atoms with Crippen molar-refractivity contribution >= 4 is 10.9 Å². The zero-order valence-corrected chi connectivity index (χ0v) is 15.9. The molecular formula is C20H34N2O. The van der Waals surface area contributed by atoms with Gasteiger partial charge in [-0.25, -0.2) is 4.98 Å². The zero-order chi connectivity index (χ0) is 17.8. The van der Waals surface area contributed by atoms with Crippen LogP contribution < -0.4 is 5.32 Å². The molecule has 1 heterocycles. The Bertz CT molecular complexity index is 550. The highest BCUT2D eigenvalue weighted by atomic mass is 16.3. The maximum Gasteiger partial charge on any atom is 0.141 e. The number of fused-ring (bicyclic) bond motifs is 1. The molecular weight excluding hydrogens is 284 g/mol. The molecule has 2 rings (SSSR count). The van der Waals surface area contributed by atoms with E-state index in [1.165, 1.54) is 6.42 Å². The van der Waals surface area contributed by atoms with Crippen molar-refractivity contribution in [3.8, 4) is 5.75 Å². The summed E-state index contributed by atoms with van der Waals surface area (Å²) in [6, 6.07) is 9.83. The molecule has 0 aliphatic rings. The number of aromatic nitrogens is 1. The Labute approximate surface area is 142 Å². The first-order chi connectivity index (χ1) is 10.9. The SMILES string of the molecule is CC.CC(C)NCc1ccc2cccc(O)c2n1.CCC(C)C. The van der Waals surface area contributed by atoms with Gasteiger partial charge in [-0.1, -0.05) is 73.1 Å². The lowest BCUT2D eigenvalue weighted by Gasteiger charge is -2.08. The highest BCUT2D eigenvalue weighted by molar-refractivity contribution is 5.84.